The summed E-state index contributed by atoms with van der Waals surface area (Å²) >= 11 is 0. The van der Waals surface area contributed by atoms with Crippen LogP contribution < -0.4 is 10.6 Å². The fraction of sp³-hybridized carbons (Fsp3) is 0.346. The standard InChI is InChI=1S/C26H27N3O7/c1-28(2)16-9-13(11-29-5-3-4-6-29)21(31)19-15(16)8-12-7-14-10-17(30)20(25(27)35)24(34)26(14,36)23(33)18(12)22(19)32/h3-6,9,12,14,30-31,33,36H,7-8,10-11H2,1-2H3,(H2,27,35)/t12?,14?,26-/m0/s1. The van der Waals surface area contributed by atoms with Gasteiger partial charge in [-0.15, -0.1) is 0 Å². The van der Waals surface area contributed by atoms with Crippen LogP contribution in [0.1, 0.15) is 34.3 Å². The highest BCUT2D eigenvalue weighted by molar-refractivity contribution is 6.24. The number of hydrogen-bond acceptors (Lipinski definition) is 8. The van der Waals surface area contributed by atoms with Crippen molar-refractivity contribution in [2.75, 3.05) is 19.0 Å². The Labute approximate surface area is 206 Å². The topological polar surface area (TPSA) is 166 Å². The number of carbonyl (C=O) groups excluding carboxylic acids is 3. The summed E-state index contributed by atoms with van der Waals surface area (Å²) in [7, 11) is 3.65. The first-order chi connectivity index (χ1) is 17.0. The van der Waals surface area contributed by atoms with E-state index in [-0.39, 0.29) is 36.1 Å². The fourth-order valence-corrected chi connectivity index (χ4v) is 5.91. The highest BCUT2D eigenvalue weighted by Crippen LogP contribution is 2.52. The van der Waals surface area contributed by atoms with Gasteiger partial charge < -0.3 is 35.6 Å². The number of benzene rings is 1. The van der Waals surface area contributed by atoms with Gasteiger partial charge in [0.25, 0.3) is 5.91 Å². The Morgan fingerprint density at radius 3 is 2.44 bits per heavy atom. The van der Waals surface area contributed by atoms with E-state index in [1.807, 2.05) is 54.2 Å². The van der Waals surface area contributed by atoms with Crippen molar-refractivity contribution in [1.82, 2.24) is 4.57 Å². The summed E-state index contributed by atoms with van der Waals surface area (Å²) in [5, 5.41) is 44.0. The monoisotopic (exact) mass is 493 g/mol. The molecule has 0 spiro atoms. The van der Waals surface area contributed by atoms with E-state index in [9.17, 15) is 34.8 Å². The smallest absolute Gasteiger partial charge is 0.255 e. The number of amides is 1. The van der Waals surface area contributed by atoms with Crippen LogP contribution in [0.5, 0.6) is 5.75 Å². The quantitative estimate of drug-likeness (QED) is 0.400. The molecule has 3 aliphatic carbocycles. The lowest BCUT2D eigenvalue weighted by Crippen LogP contribution is -2.57. The van der Waals surface area contributed by atoms with E-state index in [0.717, 1.165) is 5.69 Å². The Morgan fingerprint density at radius 2 is 1.83 bits per heavy atom. The third-order valence-corrected chi connectivity index (χ3v) is 7.62. The fourth-order valence-electron chi connectivity index (χ4n) is 5.91. The molecule has 10 nitrogen and oxygen atoms in total. The Hall–Kier alpha value is -4.05. The van der Waals surface area contributed by atoms with Crippen LogP contribution in [0.15, 0.2) is 53.3 Å². The summed E-state index contributed by atoms with van der Waals surface area (Å²) in [6, 6.07) is 5.51. The maximum absolute atomic E-state index is 13.8. The highest BCUT2D eigenvalue weighted by Gasteiger charge is 2.59. The van der Waals surface area contributed by atoms with Crippen molar-refractivity contribution in [3.63, 3.8) is 0 Å². The van der Waals surface area contributed by atoms with Crippen LogP contribution >= 0.6 is 0 Å². The maximum atomic E-state index is 13.8. The molecule has 1 aromatic heterocycles. The first kappa shape index (κ1) is 23.7. The molecule has 0 bridgehead atoms. The molecule has 1 aromatic carbocycles. The molecule has 0 radical (unpaired) electrons. The number of ketones is 2. The number of rotatable bonds is 4. The number of primary amides is 1. The van der Waals surface area contributed by atoms with Gasteiger partial charge in [-0.25, -0.2) is 0 Å². The van der Waals surface area contributed by atoms with Crippen molar-refractivity contribution in [2.45, 2.75) is 31.4 Å². The highest BCUT2D eigenvalue weighted by atomic mass is 16.3. The van der Waals surface area contributed by atoms with Crippen molar-refractivity contribution in [3.05, 3.63) is 69.9 Å². The molecule has 10 heteroatoms. The number of aliphatic hydroxyl groups excluding tert-OH is 2. The number of aliphatic hydroxyl groups is 3. The molecule has 188 valence electrons. The molecule has 1 amide bonds. The van der Waals surface area contributed by atoms with E-state index in [2.05, 4.69) is 0 Å². The van der Waals surface area contributed by atoms with Gasteiger partial charge in [0.05, 0.1) is 12.1 Å². The molecule has 3 atom stereocenters. The van der Waals surface area contributed by atoms with Crippen molar-refractivity contribution < 1.29 is 34.8 Å². The van der Waals surface area contributed by atoms with Gasteiger partial charge in [0, 0.05) is 55.7 Å². The number of allylic oxidation sites excluding steroid dienone is 2. The lowest BCUT2D eigenvalue weighted by Gasteiger charge is -2.46. The van der Waals surface area contributed by atoms with Gasteiger partial charge in [-0.1, -0.05) is 0 Å². The summed E-state index contributed by atoms with van der Waals surface area (Å²) in [5.41, 5.74) is 3.56. The number of anilines is 1. The van der Waals surface area contributed by atoms with Crippen LogP contribution in [0.4, 0.5) is 5.69 Å². The predicted octanol–water partition coefficient (Wildman–Crippen LogP) is 1.50. The number of phenols is 1. The van der Waals surface area contributed by atoms with Crippen molar-refractivity contribution in [1.29, 1.82) is 0 Å². The van der Waals surface area contributed by atoms with Gasteiger partial charge in [0.15, 0.2) is 11.4 Å². The first-order valence-corrected chi connectivity index (χ1v) is 11.6. The van der Waals surface area contributed by atoms with Crippen molar-refractivity contribution in [3.8, 4) is 5.75 Å². The van der Waals surface area contributed by atoms with E-state index in [4.69, 9.17) is 5.73 Å². The molecular formula is C26H27N3O7. The van der Waals surface area contributed by atoms with Crippen LogP contribution in [0, 0.1) is 11.8 Å². The molecule has 0 saturated heterocycles. The van der Waals surface area contributed by atoms with Gasteiger partial charge in [0.1, 0.15) is 22.8 Å². The van der Waals surface area contributed by atoms with E-state index in [1.165, 1.54) is 0 Å². The minimum Gasteiger partial charge on any atom is -0.511 e. The Balaban J connectivity index is 1.68. The molecule has 6 N–H and O–H groups in total. The number of fused-ring (bicyclic) bond motifs is 3. The zero-order chi connectivity index (χ0) is 26.1. The summed E-state index contributed by atoms with van der Waals surface area (Å²) < 4.78 is 1.84. The third kappa shape index (κ3) is 3.17. The van der Waals surface area contributed by atoms with Crippen LogP contribution in [0.2, 0.25) is 0 Å². The molecule has 2 aromatic rings. The van der Waals surface area contributed by atoms with Crippen LogP contribution in [-0.4, -0.2) is 62.2 Å². The number of Topliss-reactive ketones (excluding diaryl/α,β-unsaturated/α-hetero) is 2. The first-order valence-electron chi connectivity index (χ1n) is 11.6. The zero-order valence-electron chi connectivity index (χ0n) is 19.9. The molecule has 5 rings (SSSR count). The SMILES string of the molecule is CN(C)c1cc(Cn2cccc2)c(O)c2c1CC1CC3CC(O)=C(C(N)=O)C(=O)[C@@]3(O)C(O)=C1C2=O. The van der Waals surface area contributed by atoms with E-state index < -0.39 is 52.0 Å². The number of phenolic OH excluding ortho intramolecular Hbond substituents is 1. The largest absolute Gasteiger partial charge is 0.511 e. The maximum Gasteiger partial charge on any atom is 0.255 e. The van der Waals surface area contributed by atoms with Crippen molar-refractivity contribution >= 4 is 23.2 Å². The summed E-state index contributed by atoms with van der Waals surface area (Å²) in [6.07, 6.45) is 3.76. The second-order valence-electron chi connectivity index (χ2n) is 9.92. The Morgan fingerprint density at radius 1 is 1.17 bits per heavy atom. The second-order valence-corrected chi connectivity index (χ2v) is 9.92. The summed E-state index contributed by atoms with van der Waals surface area (Å²) in [4.78, 5) is 40.6. The molecule has 0 saturated carbocycles. The van der Waals surface area contributed by atoms with E-state index in [1.54, 1.807) is 0 Å². The summed E-state index contributed by atoms with van der Waals surface area (Å²) in [6.45, 7) is 0.297. The molecule has 1 heterocycles. The molecular weight excluding hydrogens is 466 g/mol. The normalized spacial score (nSPS) is 25.4. The lowest BCUT2D eigenvalue weighted by molar-refractivity contribution is -0.144. The van der Waals surface area contributed by atoms with Gasteiger partial charge >= 0.3 is 0 Å². The average Bonchev–Trinajstić information content (AvgIpc) is 3.30. The lowest BCUT2D eigenvalue weighted by atomic mass is 9.60. The van der Waals surface area contributed by atoms with Crippen molar-refractivity contribution in [2.24, 2.45) is 17.6 Å². The van der Waals surface area contributed by atoms with E-state index >= 15 is 0 Å². The number of carbonyl (C=O) groups is 3. The zero-order valence-corrected chi connectivity index (χ0v) is 19.9. The minimum absolute atomic E-state index is 0.0139. The Bertz CT molecular complexity index is 1390. The average molecular weight is 494 g/mol. The number of nitrogens with two attached hydrogens (primary N) is 1. The molecule has 36 heavy (non-hydrogen) atoms. The predicted molar refractivity (Wildman–Crippen MR) is 129 cm³/mol. The van der Waals surface area contributed by atoms with E-state index in [0.29, 0.717) is 17.7 Å². The van der Waals surface area contributed by atoms with Crippen LogP contribution in [-0.2, 0) is 22.6 Å². The molecule has 0 fully saturated rings. The van der Waals surface area contributed by atoms with Gasteiger partial charge in [-0.3, -0.25) is 14.4 Å². The van der Waals surface area contributed by atoms with Gasteiger partial charge in [0.2, 0.25) is 5.78 Å². The Kier molecular flexibility index (Phi) is 5.26. The summed E-state index contributed by atoms with van der Waals surface area (Å²) in [5.74, 6) is -6.29. The van der Waals surface area contributed by atoms with Crippen LogP contribution in [0.25, 0.3) is 0 Å². The van der Waals surface area contributed by atoms with Gasteiger partial charge in [-0.05, 0) is 42.5 Å². The number of hydrogen-bond donors (Lipinski definition) is 5. The van der Waals surface area contributed by atoms with Gasteiger partial charge in [-0.2, -0.15) is 0 Å². The molecule has 2 unspecified atom stereocenters. The van der Waals surface area contributed by atoms with Crippen LogP contribution in [0.3, 0.4) is 0 Å². The number of aromatic hydroxyl groups is 1. The number of aromatic nitrogens is 1. The third-order valence-electron chi connectivity index (χ3n) is 7.62. The minimum atomic E-state index is -2.57. The molecule has 0 aliphatic heterocycles. The second kappa shape index (κ2) is 7.99. The molecule has 3 aliphatic rings. The number of nitrogens with zero attached hydrogens (tertiary/aromatic N) is 2.